The predicted molar refractivity (Wildman–Crippen MR) is 35.2 cm³/mol. The van der Waals surface area contributed by atoms with E-state index in [4.69, 9.17) is 0 Å². The predicted octanol–water partition coefficient (Wildman–Crippen LogP) is 1.07. The molecule has 0 spiro atoms. The summed E-state index contributed by atoms with van der Waals surface area (Å²) in [4.78, 5) is 3.27. The van der Waals surface area contributed by atoms with Gasteiger partial charge in [0, 0.05) is 0 Å². The summed E-state index contributed by atoms with van der Waals surface area (Å²) in [5.41, 5.74) is 0. The van der Waals surface area contributed by atoms with Crippen LogP contribution < -0.4 is 0 Å². The minimum atomic E-state index is 1.29. The van der Waals surface area contributed by atoms with Gasteiger partial charge < -0.3 is 0 Å². The summed E-state index contributed by atoms with van der Waals surface area (Å²) in [7, 11) is 0. The van der Waals surface area contributed by atoms with E-state index in [0.717, 1.165) is 0 Å². The van der Waals surface area contributed by atoms with E-state index in [9.17, 15) is 0 Å². The molecule has 1 heterocycles. The van der Waals surface area contributed by atoms with Gasteiger partial charge in [-0.15, -0.1) is 0 Å². The zero-order valence-electron chi connectivity index (χ0n) is 3.63. The van der Waals surface area contributed by atoms with Crippen molar-refractivity contribution >= 4 is 31.8 Å². The van der Waals surface area contributed by atoms with Gasteiger partial charge in [0.05, 0.1) is 0 Å². The van der Waals surface area contributed by atoms with Gasteiger partial charge in [-0.1, -0.05) is 0 Å². The van der Waals surface area contributed by atoms with E-state index in [1.807, 2.05) is 11.0 Å². The Labute approximate surface area is 54.5 Å². The first kappa shape index (κ1) is 5.23. The molecule has 0 unspecified atom stereocenters. The molecule has 0 aliphatic carbocycles. The van der Waals surface area contributed by atoms with Crippen LogP contribution in [0.15, 0.2) is 17.5 Å². The van der Waals surface area contributed by atoms with Gasteiger partial charge >= 0.3 is 54.2 Å². The molecule has 2 heteroatoms. The van der Waals surface area contributed by atoms with Crippen molar-refractivity contribution in [3.63, 3.8) is 0 Å². The summed E-state index contributed by atoms with van der Waals surface area (Å²) in [6.07, 6.45) is 0. The van der Waals surface area contributed by atoms with Crippen molar-refractivity contribution in [2.24, 2.45) is 0 Å². The maximum absolute atomic E-state index is 2.83. The zero-order chi connectivity index (χ0) is 5.11. The molecule has 0 aliphatic heterocycles. The van der Waals surface area contributed by atoms with Crippen LogP contribution in [-0.2, 0) is 0 Å². The molecule has 0 atom stereocenters. The summed E-state index contributed by atoms with van der Waals surface area (Å²) in [6.45, 7) is 0. The Morgan fingerprint density at radius 2 is 2.57 bits per heavy atom. The molecule has 35 valence electrons. The molecular formula is C5H4SSe+. The van der Waals surface area contributed by atoms with Gasteiger partial charge in [-0.05, 0) is 0 Å². The Morgan fingerprint density at radius 3 is 2.86 bits per heavy atom. The third-order valence-electron chi connectivity index (χ3n) is 0.659. The first-order chi connectivity index (χ1) is 3.43. The molecule has 1 rings (SSSR count). The van der Waals surface area contributed by atoms with Crippen LogP contribution in [0.5, 0.6) is 0 Å². The average Bonchev–Trinajstić information content (AvgIpc) is 2.14. The Balaban J connectivity index is 2.96. The van der Waals surface area contributed by atoms with Gasteiger partial charge in [-0.2, -0.15) is 0 Å². The van der Waals surface area contributed by atoms with Crippen molar-refractivity contribution in [3.8, 4) is 0 Å². The molecule has 0 saturated heterocycles. The van der Waals surface area contributed by atoms with Crippen molar-refractivity contribution in [1.82, 2.24) is 0 Å². The van der Waals surface area contributed by atoms with Gasteiger partial charge in [-0.25, -0.2) is 0 Å². The summed E-state index contributed by atoms with van der Waals surface area (Å²) in [5.74, 6) is 0. The third-order valence-corrected chi connectivity index (χ3v) is 2.35. The molecule has 7 heavy (non-hydrogen) atoms. The van der Waals surface area contributed by atoms with Crippen LogP contribution in [-0.4, -0.2) is 20.5 Å². The molecule has 0 N–H and O–H groups in total. The molecular weight excluding hydrogens is 171 g/mol. The monoisotopic (exact) mass is 176 g/mol. The van der Waals surface area contributed by atoms with Gasteiger partial charge in [-0.3, -0.25) is 0 Å². The number of thiophene rings is 1. The summed E-state index contributed by atoms with van der Waals surface area (Å²) < 4.78 is 0. The van der Waals surface area contributed by atoms with Crippen molar-refractivity contribution in [3.05, 3.63) is 22.4 Å². The van der Waals surface area contributed by atoms with E-state index in [-0.39, 0.29) is 0 Å². The molecule has 0 aromatic carbocycles. The SMILES string of the molecule is [Se+]=Cc1cccs1. The molecule has 0 aliphatic rings. The van der Waals surface area contributed by atoms with Crippen LogP contribution in [0.25, 0.3) is 0 Å². The fraction of sp³-hybridized carbons (Fsp3) is 0. The first-order valence-corrected chi connectivity index (χ1v) is 3.79. The van der Waals surface area contributed by atoms with E-state index in [2.05, 4.69) is 27.0 Å². The topological polar surface area (TPSA) is 0 Å². The Morgan fingerprint density at radius 1 is 1.71 bits per heavy atom. The van der Waals surface area contributed by atoms with Crippen LogP contribution in [0.2, 0.25) is 0 Å². The standard InChI is InChI=1S/C5H4SSe/c7-4-5-2-1-3-6-5/h1-4H/q+1. The first-order valence-electron chi connectivity index (χ1n) is 1.92. The molecule has 0 nitrogen and oxygen atoms in total. The summed E-state index contributed by atoms with van der Waals surface area (Å²) in [5, 5.41) is 2.06. The second-order valence-corrected chi connectivity index (χ2v) is 2.61. The van der Waals surface area contributed by atoms with E-state index in [1.54, 1.807) is 11.3 Å². The van der Waals surface area contributed by atoms with E-state index in [0.29, 0.717) is 0 Å². The maximum atomic E-state index is 2.83. The zero-order valence-corrected chi connectivity index (χ0v) is 6.16. The number of hydrogen-bond acceptors (Lipinski definition) is 1. The molecule has 0 fully saturated rings. The van der Waals surface area contributed by atoms with Crippen molar-refractivity contribution in [2.45, 2.75) is 0 Å². The molecule has 1 aromatic rings. The molecule has 1 radical (unpaired) electrons. The molecule has 0 amide bonds. The molecule has 0 saturated carbocycles. The quantitative estimate of drug-likeness (QED) is 0.560. The van der Waals surface area contributed by atoms with Crippen molar-refractivity contribution in [1.29, 1.82) is 0 Å². The average molecular weight is 175 g/mol. The van der Waals surface area contributed by atoms with Gasteiger partial charge in [0.2, 0.25) is 0 Å². The second kappa shape index (κ2) is 2.41. The van der Waals surface area contributed by atoms with E-state index in [1.165, 1.54) is 4.88 Å². The van der Waals surface area contributed by atoms with Crippen LogP contribution in [0.3, 0.4) is 0 Å². The molecule has 0 bridgehead atoms. The minimum absolute atomic E-state index is 1.29. The fourth-order valence-electron chi connectivity index (χ4n) is 0.358. The Hall–Kier alpha value is 0.0895. The van der Waals surface area contributed by atoms with E-state index < -0.39 is 0 Å². The van der Waals surface area contributed by atoms with Crippen LogP contribution >= 0.6 is 11.3 Å². The summed E-state index contributed by atoms with van der Waals surface area (Å²) >= 11 is 4.57. The normalized spacial score (nSPS) is 8.57. The Bertz CT molecular complexity index is 143. The third kappa shape index (κ3) is 1.23. The van der Waals surface area contributed by atoms with Crippen molar-refractivity contribution < 1.29 is 0 Å². The Kier molecular flexibility index (Phi) is 1.80. The second-order valence-electron chi connectivity index (χ2n) is 1.13. The summed E-state index contributed by atoms with van der Waals surface area (Å²) in [6, 6.07) is 4.11. The molecule has 1 aromatic heterocycles. The van der Waals surface area contributed by atoms with Gasteiger partial charge in [0.15, 0.2) is 0 Å². The number of rotatable bonds is 1. The van der Waals surface area contributed by atoms with Crippen LogP contribution in [0.4, 0.5) is 0 Å². The fourth-order valence-corrected chi connectivity index (χ4v) is 1.40. The van der Waals surface area contributed by atoms with Crippen LogP contribution in [0.1, 0.15) is 4.88 Å². The number of hydrogen-bond donors (Lipinski definition) is 0. The van der Waals surface area contributed by atoms with Crippen molar-refractivity contribution in [2.75, 3.05) is 0 Å². The van der Waals surface area contributed by atoms with Gasteiger partial charge in [0.1, 0.15) is 0 Å². The van der Waals surface area contributed by atoms with Gasteiger partial charge in [0.25, 0.3) is 0 Å². The van der Waals surface area contributed by atoms with E-state index >= 15 is 0 Å². The van der Waals surface area contributed by atoms with Crippen LogP contribution in [0, 0.1) is 0 Å².